The third kappa shape index (κ3) is 4.56. The summed E-state index contributed by atoms with van der Waals surface area (Å²) in [5, 5.41) is 19.6. The molecule has 9 nitrogen and oxygen atoms in total. The molecule has 1 N–H and O–H groups in total. The van der Waals surface area contributed by atoms with E-state index in [4.69, 9.17) is 9.84 Å². The van der Waals surface area contributed by atoms with Crippen LogP contribution in [0.4, 0.5) is 11.4 Å². The molecule has 1 aliphatic rings. The summed E-state index contributed by atoms with van der Waals surface area (Å²) >= 11 is 0. The second-order valence-corrected chi connectivity index (χ2v) is 6.27. The lowest BCUT2D eigenvalue weighted by Gasteiger charge is -2.36. The molecule has 28 heavy (non-hydrogen) atoms. The second kappa shape index (κ2) is 8.38. The summed E-state index contributed by atoms with van der Waals surface area (Å²) < 4.78 is 5.12. The van der Waals surface area contributed by atoms with Crippen LogP contribution in [0.15, 0.2) is 48.5 Å². The number of anilines is 1. The van der Waals surface area contributed by atoms with Crippen LogP contribution >= 0.6 is 0 Å². The molecule has 0 aliphatic carbocycles. The van der Waals surface area contributed by atoms with Gasteiger partial charge in [0.05, 0.1) is 4.92 Å². The maximum absolute atomic E-state index is 12.7. The van der Waals surface area contributed by atoms with Crippen molar-refractivity contribution in [2.24, 2.45) is 0 Å². The SMILES string of the molecule is O=C(O)COc1cccc(C(=O)N2CCN(c3cccc([N+](=O)[O-])c3)CC2)c1. The van der Waals surface area contributed by atoms with Crippen LogP contribution in [0.5, 0.6) is 5.75 Å². The van der Waals surface area contributed by atoms with Crippen LogP contribution in [0.2, 0.25) is 0 Å². The maximum Gasteiger partial charge on any atom is 0.341 e. The topological polar surface area (TPSA) is 113 Å². The number of aliphatic carboxylic acids is 1. The van der Waals surface area contributed by atoms with Gasteiger partial charge in [0.2, 0.25) is 0 Å². The molecule has 1 amide bonds. The lowest BCUT2D eigenvalue weighted by molar-refractivity contribution is -0.384. The molecule has 0 bridgehead atoms. The Morgan fingerprint density at radius 3 is 2.46 bits per heavy atom. The van der Waals surface area contributed by atoms with Gasteiger partial charge < -0.3 is 19.6 Å². The number of hydrogen-bond donors (Lipinski definition) is 1. The number of carbonyl (C=O) groups excluding carboxylic acids is 1. The first kappa shape index (κ1) is 19.2. The first-order valence-electron chi connectivity index (χ1n) is 8.67. The molecule has 0 unspecified atom stereocenters. The molecule has 1 heterocycles. The smallest absolute Gasteiger partial charge is 0.341 e. The Morgan fingerprint density at radius 1 is 1.07 bits per heavy atom. The number of amides is 1. The molecule has 0 aromatic heterocycles. The monoisotopic (exact) mass is 385 g/mol. The molecular formula is C19H19N3O6. The number of nitro benzene ring substituents is 1. The van der Waals surface area contributed by atoms with Crippen molar-refractivity contribution in [2.45, 2.75) is 0 Å². The van der Waals surface area contributed by atoms with Crippen LogP contribution in [0.1, 0.15) is 10.4 Å². The number of carboxylic acids is 1. The first-order chi connectivity index (χ1) is 13.4. The van der Waals surface area contributed by atoms with Crippen LogP contribution in [-0.4, -0.2) is 59.6 Å². The molecule has 146 valence electrons. The number of carboxylic acid groups (broad SMARTS) is 1. The van der Waals surface area contributed by atoms with Crippen LogP contribution in [0.25, 0.3) is 0 Å². The largest absolute Gasteiger partial charge is 0.482 e. The third-order valence-corrected chi connectivity index (χ3v) is 4.42. The van der Waals surface area contributed by atoms with E-state index in [1.54, 1.807) is 29.2 Å². The summed E-state index contributed by atoms with van der Waals surface area (Å²) in [6.07, 6.45) is 0. The standard InChI is InChI=1S/C19H19N3O6/c23-18(24)13-28-17-6-1-3-14(11-17)19(25)21-9-7-20(8-10-21)15-4-2-5-16(12-15)22(26)27/h1-6,11-12H,7-10,13H2,(H,23,24). The van der Waals surface area contributed by atoms with Gasteiger partial charge in [-0.2, -0.15) is 0 Å². The highest BCUT2D eigenvalue weighted by Crippen LogP contribution is 2.23. The fraction of sp³-hybridized carbons (Fsp3) is 0.263. The van der Waals surface area contributed by atoms with E-state index in [1.807, 2.05) is 11.0 Å². The maximum atomic E-state index is 12.7. The minimum Gasteiger partial charge on any atom is -0.482 e. The molecule has 0 radical (unpaired) electrons. The van der Waals surface area contributed by atoms with Gasteiger partial charge in [-0.1, -0.05) is 12.1 Å². The van der Waals surface area contributed by atoms with E-state index in [-0.39, 0.29) is 11.6 Å². The molecule has 0 saturated carbocycles. The van der Waals surface area contributed by atoms with Crippen molar-refractivity contribution in [1.29, 1.82) is 0 Å². The number of nitrogens with zero attached hydrogens (tertiary/aromatic N) is 3. The molecule has 0 spiro atoms. The molecule has 1 aliphatic heterocycles. The van der Waals surface area contributed by atoms with E-state index in [0.29, 0.717) is 37.5 Å². The van der Waals surface area contributed by atoms with Crippen molar-refractivity contribution in [2.75, 3.05) is 37.7 Å². The first-order valence-corrected chi connectivity index (χ1v) is 8.67. The highest BCUT2D eigenvalue weighted by atomic mass is 16.6. The molecule has 9 heteroatoms. The summed E-state index contributed by atoms with van der Waals surface area (Å²) in [6.45, 7) is 1.59. The normalized spacial score (nSPS) is 13.9. The Bertz CT molecular complexity index is 893. The van der Waals surface area contributed by atoms with Gasteiger partial charge in [0.25, 0.3) is 11.6 Å². The lowest BCUT2D eigenvalue weighted by atomic mass is 10.1. The zero-order valence-corrected chi connectivity index (χ0v) is 15.0. The minimum atomic E-state index is -1.09. The number of hydrogen-bond acceptors (Lipinski definition) is 6. The summed E-state index contributed by atoms with van der Waals surface area (Å²) in [5.41, 5.74) is 1.21. The second-order valence-electron chi connectivity index (χ2n) is 6.27. The van der Waals surface area contributed by atoms with Crippen LogP contribution in [0.3, 0.4) is 0 Å². The Labute approximate surface area is 160 Å². The van der Waals surface area contributed by atoms with Gasteiger partial charge in [0.15, 0.2) is 6.61 Å². The van der Waals surface area contributed by atoms with Crippen molar-refractivity contribution < 1.29 is 24.4 Å². The fourth-order valence-corrected chi connectivity index (χ4v) is 3.02. The molecule has 1 saturated heterocycles. The van der Waals surface area contributed by atoms with Crippen LogP contribution in [0, 0.1) is 10.1 Å². The summed E-state index contributed by atoms with van der Waals surface area (Å²) in [4.78, 5) is 37.5. The number of ether oxygens (including phenoxy) is 1. The van der Waals surface area contributed by atoms with E-state index in [9.17, 15) is 19.7 Å². The third-order valence-electron chi connectivity index (χ3n) is 4.42. The Balaban J connectivity index is 1.62. The van der Waals surface area contributed by atoms with E-state index in [0.717, 1.165) is 5.69 Å². The van der Waals surface area contributed by atoms with Crippen molar-refractivity contribution in [1.82, 2.24) is 4.90 Å². The van der Waals surface area contributed by atoms with Crippen LogP contribution in [-0.2, 0) is 4.79 Å². The van der Waals surface area contributed by atoms with Crippen molar-refractivity contribution in [3.05, 3.63) is 64.2 Å². The van der Waals surface area contributed by atoms with Gasteiger partial charge in [0, 0.05) is 49.6 Å². The molecule has 3 rings (SSSR count). The van der Waals surface area contributed by atoms with Gasteiger partial charge >= 0.3 is 5.97 Å². The molecule has 1 fully saturated rings. The van der Waals surface area contributed by atoms with Gasteiger partial charge in [-0.05, 0) is 24.3 Å². The Hall–Kier alpha value is -3.62. The van der Waals surface area contributed by atoms with Gasteiger partial charge in [0.1, 0.15) is 5.75 Å². The van der Waals surface area contributed by atoms with Crippen LogP contribution < -0.4 is 9.64 Å². The van der Waals surface area contributed by atoms with Crippen molar-refractivity contribution in [3.8, 4) is 5.75 Å². The molecular weight excluding hydrogens is 366 g/mol. The highest BCUT2D eigenvalue weighted by Gasteiger charge is 2.23. The number of piperazine rings is 1. The molecule has 2 aromatic rings. The number of non-ortho nitro benzene ring substituents is 1. The molecule has 2 aromatic carbocycles. The van der Waals surface area contributed by atoms with E-state index < -0.39 is 17.5 Å². The Kier molecular flexibility index (Phi) is 5.73. The zero-order valence-electron chi connectivity index (χ0n) is 15.0. The number of nitro groups is 1. The van der Waals surface area contributed by atoms with Gasteiger partial charge in [-0.3, -0.25) is 14.9 Å². The van der Waals surface area contributed by atoms with E-state index >= 15 is 0 Å². The summed E-state index contributed by atoms with van der Waals surface area (Å²) in [5.74, 6) is -0.933. The summed E-state index contributed by atoms with van der Waals surface area (Å²) in [6, 6.07) is 12.9. The van der Waals surface area contributed by atoms with Gasteiger partial charge in [-0.25, -0.2) is 4.79 Å². The minimum absolute atomic E-state index is 0.0363. The number of rotatable bonds is 6. The predicted octanol–water partition coefficient (Wildman–Crippen LogP) is 2.02. The van der Waals surface area contributed by atoms with Crippen molar-refractivity contribution in [3.63, 3.8) is 0 Å². The molecule has 0 atom stereocenters. The number of carbonyl (C=O) groups is 2. The fourth-order valence-electron chi connectivity index (χ4n) is 3.02. The zero-order chi connectivity index (χ0) is 20.1. The number of benzene rings is 2. The predicted molar refractivity (Wildman–Crippen MR) is 101 cm³/mol. The quantitative estimate of drug-likeness (QED) is 0.598. The van der Waals surface area contributed by atoms with E-state index in [1.165, 1.54) is 18.2 Å². The van der Waals surface area contributed by atoms with E-state index in [2.05, 4.69) is 0 Å². The van der Waals surface area contributed by atoms with Crippen molar-refractivity contribution >= 4 is 23.3 Å². The highest BCUT2D eigenvalue weighted by molar-refractivity contribution is 5.94. The lowest BCUT2D eigenvalue weighted by Crippen LogP contribution is -2.48. The summed E-state index contributed by atoms with van der Waals surface area (Å²) in [7, 11) is 0. The average molecular weight is 385 g/mol. The van der Waals surface area contributed by atoms with Gasteiger partial charge in [-0.15, -0.1) is 0 Å². The Morgan fingerprint density at radius 2 is 1.79 bits per heavy atom. The average Bonchev–Trinajstić information content (AvgIpc) is 2.72.